The molecule has 4 nitrogen and oxygen atoms in total. The monoisotopic (exact) mass is 306 g/mol. The van der Waals surface area contributed by atoms with E-state index in [1.807, 2.05) is 27.0 Å². The molecule has 5 heteroatoms. The standard InChI is InChI=1S/C16H22N2O2S/c1-12-6-5-7-16(10-12)21(19,20)17-9-8-15-11-13(2)18(4)14(15)3/h5-7,10-11,17H,8-9H2,1-4H3. The molecular formula is C16H22N2O2S. The summed E-state index contributed by atoms with van der Waals surface area (Å²) in [5.74, 6) is 0. The Bertz CT molecular complexity index is 746. The van der Waals surface area contributed by atoms with Crippen LogP contribution in [0.4, 0.5) is 0 Å². The fourth-order valence-electron chi connectivity index (χ4n) is 2.37. The zero-order valence-electron chi connectivity index (χ0n) is 13.0. The molecule has 0 aliphatic rings. The Labute approximate surface area is 126 Å². The quantitative estimate of drug-likeness (QED) is 0.922. The van der Waals surface area contributed by atoms with Gasteiger partial charge in [0.15, 0.2) is 0 Å². The zero-order chi connectivity index (χ0) is 15.6. The van der Waals surface area contributed by atoms with Gasteiger partial charge in [-0.3, -0.25) is 0 Å². The molecule has 1 aromatic heterocycles. The van der Waals surface area contributed by atoms with Crippen LogP contribution in [-0.2, 0) is 23.5 Å². The van der Waals surface area contributed by atoms with Gasteiger partial charge in [0.05, 0.1) is 4.90 Å². The van der Waals surface area contributed by atoms with Gasteiger partial charge in [-0.05, 0) is 56.5 Å². The third kappa shape index (κ3) is 3.54. The van der Waals surface area contributed by atoms with Crippen molar-refractivity contribution in [1.82, 2.24) is 9.29 Å². The molecule has 0 atom stereocenters. The molecule has 0 saturated heterocycles. The van der Waals surface area contributed by atoms with Crippen LogP contribution >= 0.6 is 0 Å². The second-order valence-corrected chi connectivity index (χ2v) is 7.19. The maximum atomic E-state index is 12.2. The van der Waals surface area contributed by atoms with Gasteiger partial charge in [-0.25, -0.2) is 13.1 Å². The minimum Gasteiger partial charge on any atom is -0.352 e. The molecule has 2 aromatic rings. The molecule has 0 amide bonds. The summed E-state index contributed by atoms with van der Waals surface area (Å²) in [5, 5.41) is 0. The molecule has 0 aliphatic carbocycles. The molecule has 0 unspecified atom stereocenters. The molecule has 1 aromatic carbocycles. The van der Waals surface area contributed by atoms with E-state index in [4.69, 9.17) is 0 Å². The molecular weight excluding hydrogens is 284 g/mol. The lowest BCUT2D eigenvalue weighted by molar-refractivity contribution is 0.581. The predicted molar refractivity (Wildman–Crippen MR) is 85.0 cm³/mol. The van der Waals surface area contributed by atoms with Crippen LogP contribution in [0.25, 0.3) is 0 Å². The van der Waals surface area contributed by atoms with E-state index >= 15 is 0 Å². The Morgan fingerprint density at radius 1 is 1.14 bits per heavy atom. The number of aryl methyl sites for hydroxylation is 2. The largest absolute Gasteiger partial charge is 0.352 e. The second-order valence-electron chi connectivity index (χ2n) is 5.42. The van der Waals surface area contributed by atoms with E-state index in [-0.39, 0.29) is 0 Å². The smallest absolute Gasteiger partial charge is 0.240 e. The van der Waals surface area contributed by atoms with Crippen molar-refractivity contribution in [1.29, 1.82) is 0 Å². The van der Waals surface area contributed by atoms with Crippen LogP contribution in [0, 0.1) is 20.8 Å². The first-order chi connectivity index (χ1) is 9.81. The highest BCUT2D eigenvalue weighted by Crippen LogP contribution is 2.14. The summed E-state index contributed by atoms with van der Waals surface area (Å²) in [7, 11) is -1.41. The predicted octanol–water partition coefficient (Wildman–Crippen LogP) is 2.47. The minimum atomic E-state index is -3.43. The van der Waals surface area contributed by atoms with Crippen LogP contribution in [0.3, 0.4) is 0 Å². The third-order valence-electron chi connectivity index (χ3n) is 3.87. The summed E-state index contributed by atoms with van der Waals surface area (Å²) >= 11 is 0. The lowest BCUT2D eigenvalue weighted by Gasteiger charge is -2.07. The van der Waals surface area contributed by atoms with E-state index in [0.717, 1.165) is 5.56 Å². The van der Waals surface area contributed by atoms with Crippen LogP contribution in [0.2, 0.25) is 0 Å². The SMILES string of the molecule is Cc1cccc(S(=O)(=O)NCCc2cc(C)n(C)c2C)c1. The highest BCUT2D eigenvalue weighted by Gasteiger charge is 2.14. The van der Waals surface area contributed by atoms with Gasteiger partial charge < -0.3 is 4.57 Å². The molecule has 0 spiro atoms. The van der Waals surface area contributed by atoms with Gasteiger partial charge in [0.1, 0.15) is 0 Å². The molecule has 21 heavy (non-hydrogen) atoms. The number of nitrogens with one attached hydrogen (secondary N) is 1. The first-order valence-corrected chi connectivity index (χ1v) is 8.47. The van der Waals surface area contributed by atoms with Crippen molar-refractivity contribution in [3.63, 3.8) is 0 Å². The molecule has 1 N–H and O–H groups in total. The van der Waals surface area contributed by atoms with E-state index in [9.17, 15) is 8.42 Å². The summed E-state index contributed by atoms with van der Waals surface area (Å²) in [5.41, 5.74) is 4.49. The summed E-state index contributed by atoms with van der Waals surface area (Å²) in [4.78, 5) is 0.323. The first kappa shape index (κ1) is 15.8. The Morgan fingerprint density at radius 3 is 2.43 bits per heavy atom. The van der Waals surface area contributed by atoms with Gasteiger partial charge in [-0.1, -0.05) is 12.1 Å². The van der Waals surface area contributed by atoms with Crippen molar-refractivity contribution >= 4 is 10.0 Å². The molecule has 0 bridgehead atoms. The molecule has 0 saturated carbocycles. The highest BCUT2D eigenvalue weighted by molar-refractivity contribution is 7.89. The number of aromatic nitrogens is 1. The Balaban J connectivity index is 2.04. The number of rotatable bonds is 5. The topological polar surface area (TPSA) is 51.1 Å². The normalized spacial score (nSPS) is 11.8. The van der Waals surface area contributed by atoms with Crippen LogP contribution in [-0.4, -0.2) is 19.5 Å². The third-order valence-corrected chi connectivity index (χ3v) is 5.32. The van der Waals surface area contributed by atoms with E-state index in [1.165, 1.54) is 17.0 Å². The number of benzene rings is 1. The molecule has 0 fully saturated rings. The van der Waals surface area contributed by atoms with Crippen molar-refractivity contribution in [3.05, 3.63) is 52.8 Å². The lowest BCUT2D eigenvalue weighted by Crippen LogP contribution is -2.26. The Kier molecular flexibility index (Phi) is 4.54. The Hall–Kier alpha value is -1.59. The van der Waals surface area contributed by atoms with E-state index in [1.54, 1.807) is 18.2 Å². The van der Waals surface area contributed by atoms with Crippen molar-refractivity contribution in [2.45, 2.75) is 32.1 Å². The zero-order valence-corrected chi connectivity index (χ0v) is 13.8. The van der Waals surface area contributed by atoms with Gasteiger partial charge in [0, 0.05) is 25.0 Å². The van der Waals surface area contributed by atoms with Gasteiger partial charge in [0.2, 0.25) is 10.0 Å². The van der Waals surface area contributed by atoms with E-state index in [0.29, 0.717) is 17.9 Å². The number of hydrogen-bond donors (Lipinski definition) is 1. The first-order valence-electron chi connectivity index (χ1n) is 6.99. The second kappa shape index (κ2) is 6.03. The molecule has 114 valence electrons. The molecule has 0 radical (unpaired) electrons. The summed E-state index contributed by atoms with van der Waals surface area (Å²) in [6, 6.07) is 9.05. The summed E-state index contributed by atoms with van der Waals surface area (Å²) in [6.07, 6.45) is 0.693. The number of hydrogen-bond acceptors (Lipinski definition) is 2. The molecule has 2 rings (SSSR count). The summed E-state index contributed by atoms with van der Waals surface area (Å²) in [6.45, 7) is 6.39. The van der Waals surface area contributed by atoms with Crippen LogP contribution in [0.1, 0.15) is 22.5 Å². The van der Waals surface area contributed by atoms with Crippen LogP contribution in [0.15, 0.2) is 35.2 Å². The maximum absolute atomic E-state index is 12.2. The molecule has 1 heterocycles. The molecule has 0 aliphatic heterocycles. The van der Waals surface area contributed by atoms with E-state index in [2.05, 4.69) is 22.3 Å². The maximum Gasteiger partial charge on any atom is 0.240 e. The number of nitrogens with zero attached hydrogens (tertiary/aromatic N) is 1. The minimum absolute atomic E-state index is 0.323. The van der Waals surface area contributed by atoms with Gasteiger partial charge in [-0.15, -0.1) is 0 Å². The van der Waals surface area contributed by atoms with Crippen LogP contribution < -0.4 is 4.72 Å². The van der Waals surface area contributed by atoms with Crippen molar-refractivity contribution in [2.24, 2.45) is 7.05 Å². The Morgan fingerprint density at radius 2 is 1.86 bits per heavy atom. The fourth-order valence-corrected chi connectivity index (χ4v) is 3.51. The van der Waals surface area contributed by atoms with Crippen LogP contribution in [0.5, 0.6) is 0 Å². The van der Waals surface area contributed by atoms with Crippen molar-refractivity contribution < 1.29 is 8.42 Å². The number of sulfonamides is 1. The average Bonchev–Trinajstić information content (AvgIpc) is 2.66. The van der Waals surface area contributed by atoms with Crippen molar-refractivity contribution in [2.75, 3.05) is 6.54 Å². The lowest BCUT2D eigenvalue weighted by atomic mass is 10.2. The van der Waals surface area contributed by atoms with Gasteiger partial charge in [-0.2, -0.15) is 0 Å². The van der Waals surface area contributed by atoms with Crippen molar-refractivity contribution in [3.8, 4) is 0 Å². The summed E-state index contributed by atoms with van der Waals surface area (Å²) < 4.78 is 29.2. The fraction of sp³-hybridized carbons (Fsp3) is 0.375. The van der Waals surface area contributed by atoms with Gasteiger partial charge in [0.25, 0.3) is 0 Å². The van der Waals surface area contributed by atoms with E-state index < -0.39 is 10.0 Å². The average molecular weight is 306 g/mol. The highest BCUT2D eigenvalue weighted by atomic mass is 32.2. The van der Waals surface area contributed by atoms with Gasteiger partial charge >= 0.3 is 0 Å².